The molecule has 1 aromatic carbocycles. The number of carbonyl (C=O) groups excluding carboxylic acids is 2. The van der Waals surface area contributed by atoms with Gasteiger partial charge in [0, 0.05) is 19.5 Å². The average Bonchev–Trinajstić information content (AvgIpc) is 2.57. The fourth-order valence-corrected chi connectivity index (χ4v) is 3.51. The van der Waals surface area contributed by atoms with E-state index in [1.807, 2.05) is 0 Å². The lowest BCUT2D eigenvalue weighted by molar-refractivity contribution is -0.143. The smallest absolute Gasteiger partial charge is 0.409 e. The lowest BCUT2D eigenvalue weighted by atomic mass is 9.92. The summed E-state index contributed by atoms with van der Waals surface area (Å²) in [4.78, 5) is 27.2. The average molecular weight is 342 g/mol. The number of amides is 2. The first-order chi connectivity index (χ1) is 11.4. The van der Waals surface area contributed by atoms with Crippen molar-refractivity contribution in [3.8, 4) is 0 Å². The fraction of sp³-hybridized carbons (Fsp3) is 0.500. The van der Waals surface area contributed by atoms with Crippen LogP contribution in [-0.4, -0.2) is 48.0 Å². The highest BCUT2D eigenvalue weighted by atomic mass is 19.2. The second-order valence-electron chi connectivity index (χ2n) is 6.04. The van der Waals surface area contributed by atoms with Crippen LogP contribution < -0.4 is 0 Å². The molecule has 0 bridgehead atoms. The van der Waals surface area contributed by atoms with Crippen LogP contribution in [0.3, 0.4) is 0 Å². The van der Waals surface area contributed by atoms with E-state index in [4.69, 9.17) is 4.74 Å². The number of nitrogens with zero attached hydrogens (tertiary/aromatic N) is 2. The lowest BCUT2D eigenvalue weighted by Crippen LogP contribution is -2.59. The van der Waals surface area contributed by atoms with Crippen LogP contribution in [0.25, 0.3) is 0 Å². The molecule has 2 heterocycles. The van der Waals surface area contributed by atoms with Gasteiger partial charge in [0.2, 0.25) is 5.91 Å². The number of hydrogen-bond donors (Lipinski definition) is 0. The molecule has 0 spiro atoms. The minimum absolute atomic E-state index is 0.0411. The van der Waals surface area contributed by atoms with Crippen molar-refractivity contribution in [1.29, 1.82) is 0 Å². The van der Waals surface area contributed by atoms with Crippen molar-refractivity contribution in [2.75, 3.05) is 20.2 Å². The van der Waals surface area contributed by atoms with Gasteiger partial charge in [0.15, 0.2) is 17.5 Å². The van der Waals surface area contributed by atoms with E-state index >= 15 is 0 Å². The topological polar surface area (TPSA) is 49.9 Å². The molecule has 2 amide bonds. The summed E-state index contributed by atoms with van der Waals surface area (Å²) in [6.45, 7) is 0.348. The SMILES string of the molecule is COC(=O)N1C[C@H]2CCCC(=O)N2[C@H](c2cc(F)c(F)c(F)c2)C1. The molecule has 2 saturated heterocycles. The van der Waals surface area contributed by atoms with Crippen LogP contribution in [0, 0.1) is 17.5 Å². The second-order valence-corrected chi connectivity index (χ2v) is 6.04. The number of benzene rings is 1. The largest absolute Gasteiger partial charge is 0.453 e. The van der Waals surface area contributed by atoms with Gasteiger partial charge in [-0.3, -0.25) is 4.79 Å². The molecule has 130 valence electrons. The van der Waals surface area contributed by atoms with Gasteiger partial charge < -0.3 is 14.5 Å². The normalized spacial score (nSPS) is 23.9. The van der Waals surface area contributed by atoms with Crippen molar-refractivity contribution >= 4 is 12.0 Å². The quantitative estimate of drug-likeness (QED) is 0.737. The van der Waals surface area contributed by atoms with E-state index in [0.717, 1.165) is 12.1 Å². The summed E-state index contributed by atoms with van der Waals surface area (Å²) in [5, 5.41) is 0. The van der Waals surface area contributed by atoms with Gasteiger partial charge in [0.1, 0.15) is 0 Å². The Balaban J connectivity index is 2.00. The first kappa shape index (κ1) is 16.6. The molecule has 2 fully saturated rings. The summed E-state index contributed by atoms with van der Waals surface area (Å²) in [5.41, 5.74) is 0.125. The van der Waals surface area contributed by atoms with E-state index < -0.39 is 29.6 Å². The van der Waals surface area contributed by atoms with E-state index in [9.17, 15) is 22.8 Å². The van der Waals surface area contributed by atoms with E-state index in [0.29, 0.717) is 25.8 Å². The number of halogens is 3. The Hall–Kier alpha value is -2.25. The van der Waals surface area contributed by atoms with Crippen LogP contribution in [0.5, 0.6) is 0 Å². The standard InChI is InChI=1S/C16H17F3N2O3/c1-24-16(23)20-7-10-3-2-4-14(22)21(10)13(8-20)9-5-11(17)15(19)12(18)6-9/h5-6,10,13H,2-4,7-8H2,1H3/t10-,13+/m1/s1. The van der Waals surface area contributed by atoms with Crippen molar-refractivity contribution in [3.63, 3.8) is 0 Å². The molecule has 0 unspecified atom stereocenters. The molecule has 0 aromatic heterocycles. The zero-order valence-electron chi connectivity index (χ0n) is 13.1. The highest BCUT2D eigenvalue weighted by molar-refractivity contribution is 5.78. The van der Waals surface area contributed by atoms with Crippen molar-refractivity contribution < 1.29 is 27.5 Å². The monoisotopic (exact) mass is 342 g/mol. The van der Waals surface area contributed by atoms with E-state index in [1.165, 1.54) is 12.0 Å². The Kier molecular flexibility index (Phi) is 4.38. The van der Waals surface area contributed by atoms with Crippen molar-refractivity contribution in [3.05, 3.63) is 35.1 Å². The predicted octanol–water partition coefficient (Wildman–Crippen LogP) is 2.61. The van der Waals surface area contributed by atoms with Gasteiger partial charge in [-0.2, -0.15) is 0 Å². The molecular weight excluding hydrogens is 325 g/mol. The number of carbonyl (C=O) groups is 2. The third-order valence-electron chi connectivity index (χ3n) is 4.59. The van der Waals surface area contributed by atoms with Gasteiger partial charge in [-0.15, -0.1) is 0 Å². The number of methoxy groups -OCH3 is 1. The number of fused-ring (bicyclic) bond motifs is 1. The Bertz CT molecular complexity index is 660. The van der Waals surface area contributed by atoms with Crippen LogP contribution in [0.15, 0.2) is 12.1 Å². The summed E-state index contributed by atoms with van der Waals surface area (Å²) in [7, 11) is 1.24. The molecule has 3 rings (SSSR count). The molecule has 2 aliphatic heterocycles. The number of piperidine rings is 1. The Morgan fingerprint density at radius 2 is 1.88 bits per heavy atom. The Labute approximate surface area is 137 Å². The maximum atomic E-state index is 13.6. The van der Waals surface area contributed by atoms with Gasteiger partial charge in [-0.05, 0) is 30.5 Å². The van der Waals surface area contributed by atoms with Crippen LogP contribution in [0.2, 0.25) is 0 Å². The zero-order chi connectivity index (χ0) is 17.4. The maximum Gasteiger partial charge on any atom is 0.409 e. The third kappa shape index (κ3) is 2.81. The number of ether oxygens (including phenoxy) is 1. The minimum atomic E-state index is -1.55. The summed E-state index contributed by atoms with van der Waals surface area (Å²) in [5.74, 6) is -4.32. The van der Waals surface area contributed by atoms with E-state index in [1.54, 1.807) is 4.90 Å². The van der Waals surface area contributed by atoms with Crippen LogP contribution in [-0.2, 0) is 9.53 Å². The van der Waals surface area contributed by atoms with Gasteiger partial charge >= 0.3 is 6.09 Å². The first-order valence-corrected chi connectivity index (χ1v) is 7.71. The number of hydrogen-bond acceptors (Lipinski definition) is 3. The van der Waals surface area contributed by atoms with E-state index in [-0.39, 0.29) is 24.1 Å². The Morgan fingerprint density at radius 1 is 1.21 bits per heavy atom. The second kappa shape index (κ2) is 6.33. The van der Waals surface area contributed by atoms with Crippen molar-refractivity contribution in [1.82, 2.24) is 9.80 Å². The molecule has 2 atom stereocenters. The van der Waals surface area contributed by atoms with Crippen LogP contribution in [0.1, 0.15) is 30.9 Å². The highest BCUT2D eigenvalue weighted by Gasteiger charge is 2.42. The lowest BCUT2D eigenvalue weighted by Gasteiger charge is -2.48. The summed E-state index contributed by atoms with van der Waals surface area (Å²) < 4.78 is 45.2. The van der Waals surface area contributed by atoms with Crippen molar-refractivity contribution in [2.24, 2.45) is 0 Å². The van der Waals surface area contributed by atoms with Gasteiger partial charge in [-0.1, -0.05) is 0 Å². The fourth-order valence-electron chi connectivity index (χ4n) is 3.51. The molecule has 2 aliphatic rings. The predicted molar refractivity (Wildman–Crippen MR) is 77.5 cm³/mol. The van der Waals surface area contributed by atoms with Crippen LogP contribution in [0.4, 0.5) is 18.0 Å². The van der Waals surface area contributed by atoms with Gasteiger partial charge in [0.25, 0.3) is 0 Å². The molecule has 24 heavy (non-hydrogen) atoms. The van der Waals surface area contributed by atoms with Gasteiger partial charge in [-0.25, -0.2) is 18.0 Å². The zero-order valence-corrected chi connectivity index (χ0v) is 13.1. The molecule has 0 saturated carbocycles. The molecule has 5 nitrogen and oxygen atoms in total. The number of piperazine rings is 1. The molecule has 0 aliphatic carbocycles. The molecule has 8 heteroatoms. The first-order valence-electron chi connectivity index (χ1n) is 7.71. The highest BCUT2D eigenvalue weighted by Crippen LogP contribution is 2.35. The molecule has 0 radical (unpaired) electrons. The maximum absolute atomic E-state index is 13.6. The number of rotatable bonds is 1. The minimum Gasteiger partial charge on any atom is -0.453 e. The summed E-state index contributed by atoms with van der Waals surface area (Å²) in [6.07, 6.45) is 1.15. The molecule has 1 aromatic rings. The molecule has 0 N–H and O–H groups in total. The summed E-state index contributed by atoms with van der Waals surface area (Å²) >= 11 is 0. The van der Waals surface area contributed by atoms with Crippen LogP contribution >= 0.6 is 0 Å². The third-order valence-corrected chi connectivity index (χ3v) is 4.59. The van der Waals surface area contributed by atoms with Crippen molar-refractivity contribution in [2.45, 2.75) is 31.3 Å². The molecular formula is C16H17F3N2O3. The summed E-state index contributed by atoms with van der Waals surface area (Å²) in [6, 6.07) is 0.770. The Morgan fingerprint density at radius 3 is 2.50 bits per heavy atom. The van der Waals surface area contributed by atoms with Gasteiger partial charge in [0.05, 0.1) is 19.2 Å². The van der Waals surface area contributed by atoms with E-state index in [2.05, 4.69) is 0 Å².